The van der Waals surface area contributed by atoms with Crippen LogP contribution in [0.25, 0.3) is 0 Å². The summed E-state index contributed by atoms with van der Waals surface area (Å²) in [6.45, 7) is 1.60. The van der Waals surface area contributed by atoms with Gasteiger partial charge in [0.05, 0.1) is 6.04 Å². The highest BCUT2D eigenvalue weighted by Crippen LogP contribution is 2.34. The first-order chi connectivity index (χ1) is 13.2. The van der Waals surface area contributed by atoms with Crippen molar-refractivity contribution in [3.63, 3.8) is 0 Å². The van der Waals surface area contributed by atoms with Crippen LogP contribution in [0.5, 0.6) is 0 Å². The van der Waals surface area contributed by atoms with E-state index in [-0.39, 0.29) is 23.9 Å². The molecule has 3 N–H and O–H groups in total. The van der Waals surface area contributed by atoms with Crippen LogP contribution in [0.3, 0.4) is 0 Å². The Bertz CT molecular complexity index is 882. The molecule has 0 aromatic heterocycles. The molecule has 4 rings (SSSR count). The molecule has 0 spiro atoms. The zero-order valence-corrected chi connectivity index (χ0v) is 14.7. The Morgan fingerprint density at radius 2 is 2.04 bits per heavy atom. The third kappa shape index (κ3) is 3.50. The molecule has 2 fully saturated rings. The molecule has 1 amide bonds. The van der Waals surface area contributed by atoms with Crippen LogP contribution in [0.1, 0.15) is 27.5 Å². The average molecular weight is 365 g/mol. The predicted molar refractivity (Wildman–Crippen MR) is 97.5 cm³/mol. The minimum Gasteiger partial charge on any atom is -0.348 e. The van der Waals surface area contributed by atoms with Gasteiger partial charge >= 0.3 is 0 Å². The second kappa shape index (κ2) is 7.35. The number of amides is 1. The van der Waals surface area contributed by atoms with Crippen molar-refractivity contribution >= 4 is 5.91 Å². The SMILES string of the molecule is N#CN1CC2NNC(c3ccc(C(=O)NCc4ccccc4)cc3F)C2C1. The zero-order valence-electron chi connectivity index (χ0n) is 14.7. The number of hydrogen-bond donors (Lipinski definition) is 3. The number of benzene rings is 2. The molecular weight excluding hydrogens is 345 g/mol. The van der Waals surface area contributed by atoms with Gasteiger partial charge in [0.1, 0.15) is 5.82 Å². The Morgan fingerprint density at radius 1 is 1.22 bits per heavy atom. The first-order valence-corrected chi connectivity index (χ1v) is 8.93. The molecule has 2 aliphatic rings. The van der Waals surface area contributed by atoms with Crippen LogP contribution in [0.2, 0.25) is 0 Å². The minimum atomic E-state index is -0.419. The standard InChI is InChI=1S/C20H20FN5O/c21-17-8-14(20(27)23-9-13-4-2-1-3-5-13)6-7-15(17)19-16-10-26(12-22)11-18(16)24-25-19/h1-8,16,18-19,24-25H,9-11H2,(H,23,27). The molecule has 0 aliphatic carbocycles. The molecule has 0 saturated carbocycles. The number of rotatable bonds is 4. The number of nitrogens with zero attached hydrogens (tertiary/aromatic N) is 2. The predicted octanol–water partition coefficient (Wildman–Crippen LogP) is 1.69. The number of fused-ring (bicyclic) bond motifs is 1. The first kappa shape index (κ1) is 17.5. The summed E-state index contributed by atoms with van der Waals surface area (Å²) in [6.07, 6.45) is 2.15. The molecule has 27 heavy (non-hydrogen) atoms. The number of carbonyl (C=O) groups excluding carboxylic acids is 1. The number of hydrogen-bond acceptors (Lipinski definition) is 5. The lowest BCUT2D eigenvalue weighted by atomic mass is 9.91. The summed E-state index contributed by atoms with van der Waals surface area (Å²) < 4.78 is 14.7. The van der Waals surface area contributed by atoms with Gasteiger partial charge in [-0.1, -0.05) is 36.4 Å². The summed E-state index contributed by atoms with van der Waals surface area (Å²) in [4.78, 5) is 14.0. The van der Waals surface area contributed by atoms with Crippen LogP contribution in [0.4, 0.5) is 4.39 Å². The molecule has 6 nitrogen and oxygen atoms in total. The molecule has 2 aromatic rings. The van der Waals surface area contributed by atoms with E-state index in [2.05, 4.69) is 22.4 Å². The molecule has 0 bridgehead atoms. The van der Waals surface area contributed by atoms with Crippen molar-refractivity contribution < 1.29 is 9.18 Å². The van der Waals surface area contributed by atoms with Gasteiger partial charge in [-0.05, 0) is 17.7 Å². The summed E-state index contributed by atoms with van der Waals surface area (Å²) in [6, 6.07) is 14.0. The third-order valence-corrected chi connectivity index (χ3v) is 5.25. The van der Waals surface area contributed by atoms with Crippen LogP contribution in [0.15, 0.2) is 48.5 Å². The van der Waals surface area contributed by atoms with E-state index in [0.717, 1.165) is 5.56 Å². The molecule has 2 saturated heterocycles. The summed E-state index contributed by atoms with van der Waals surface area (Å²) in [5, 5.41) is 11.9. The van der Waals surface area contributed by atoms with Crippen LogP contribution < -0.4 is 16.2 Å². The van der Waals surface area contributed by atoms with Crippen molar-refractivity contribution in [2.24, 2.45) is 5.92 Å². The van der Waals surface area contributed by atoms with Gasteiger partial charge in [-0.3, -0.25) is 10.2 Å². The highest BCUT2D eigenvalue weighted by molar-refractivity contribution is 5.94. The van der Waals surface area contributed by atoms with Gasteiger partial charge in [0.25, 0.3) is 5.91 Å². The van der Waals surface area contributed by atoms with E-state index >= 15 is 0 Å². The van der Waals surface area contributed by atoms with Gasteiger partial charge in [0, 0.05) is 42.7 Å². The molecule has 2 heterocycles. The van der Waals surface area contributed by atoms with Gasteiger partial charge in [-0.15, -0.1) is 0 Å². The molecule has 2 aliphatic heterocycles. The summed E-state index contributed by atoms with van der Waals surface area (Å²) in [5.41, 5.74) is 8.06. The van der Waals surface area contributed by atoms with Crippen molar-refractivity contribution in [2.75, 3.05) is 13.1 Å². The number of likely N-dealkylation sites (tertiary alicyclic amines) is 1. The average Bonchev–Trinajstić information content (AvgIpc) is 3.27. The molecule has 3 atom stereocenters. The van der Waals surface area contributed by atoms with Crippen LogP contribution in [-0.2, 0) is 6.54 Å². The van der Waals surface area contributed by atoms with Gasteiger partial charge in [0.2, 0.25) is 0 Å². The van der Waals surface area contributed by atoms with E-state index in [1.807, 2.05) is 30.3 Å². The summed E-state index contributed by atoms with van der Waals surface area (Å²) >= 11 is 0. The van der Waals surface area contributed by atoms with Crippen molar-refractivity contribution in [1.82, 2.24) is 21.1 Å². The van der Waals surface area contributed by atoms with E-state index in [9.17, 15) is 9.18 Å². The van der Waals surface area contributed by atoms with E-state index < -0.39 is 5.82 Å². The van der Waals surface area contributed by atoms with Crippen molar-refractivity contribution in [2.45, 2.75) is 18.6 Å². The third-order valence-electron chi connectivity index (χ3n) is 5.25. The quantitative estimate of drug-likeness (QED) is 0.719. The molecule has 7 heteroatoms. The topological polar surface area (TPSA) is 80.2 Å². The fourth-order valence-corrected chi connectivity index (χ4v) is 3.81. The fraction of sp³-hybridized carbons (Fsp3) is 0.300. The lowest BCUT2D eigenvalue weighted by molar-refractivity contribution is 0.0950. The van der Waals surface area contributed by atoms with Crippen molar-refractivity contribution in [3.05, 3.63) is 71.0 Å². The number of nitriles is 1. The zero-order chi connectivity index (χ0) is 18.8. The fourth-order valence-electron chi connectivity index (χ4n) is 3.81. The Kier molecular flexibility index (Phi) is 4.75. The highest BCUT2D eigenvalue weighted by atomic mass is 19.1. The van der Waals surface area contributed by atoms with Gasteiger partial charge in [-0.25, -0.2) is 9.82 Å². The second-order valence-corrected chi connectivity index (χ2v) is 6.95. The van der Waals surface area contributed by atoms with Crippen LogP contribution in [-0.4, -0.2) is 29.9 Å². The Morgan fingerprint density at radius 3 is 2.78 bits per heavy atom. The molecule has 3 unspecified atom stereocenters. The molecule has 2 aromatic carbocycles. The van der Waals surface area contributed by atoms with Gasteiger partial charge in [-0.2, -0.15) is 5.26 Å². The normalized spacial score (nSPS) is 23.7. The van der Waals surface area contributed by atoms with E-state index in [1.54, 1.807) is 17.0 Å². The Balaban J connectivity index is 1.45. The molecule has 0 radical (unpaired) electrons. The maximum absolute atomic E-state index is 14.7. The maximum Gasteiger partial charge on any atom is 0.251 e. The Labute approximate surface area is 156 Å². The van der Waals surface area contributed by atoms with E-state index in [0.29, 0.717) is 30.8 Å². The van der Waals surface area contributed by atoms with E-state index in [1.165, 1.54) is 6.07 Å². The van der Waals surface area contributed by atoms with Crippen LogP contribution in [0, 0.1) is 23.2 Å². The number of carbonyl (C=O) groups is 1. The minimum absolute atomic E-state index is 0.108. The van der Waals surface area contributed by atoms with Crippen molar-refractivity contribution in [3.8, 4) is 6.19 Å². The number of hydrazine groups is 1. The monoisotopic (exact) mass is 365 g/mol. The van der Waals surface area contributed by atoms with Gasteiger partial charge < -0.3 is 10.2 Å². The van der Waals surface area contributed by atoms with E-state index in [4.69, 9.17) is 5.26 Å². The highest BCUT2D eigenvalue weighted by Gasteiger charge is 2.44. The molecule has 138 valence electrons. The second-order valence-electron chi connectivity index (χ2n) is 6.95. The lowest BCUT2D eigenvalue weighted by Gasteiger charge is -2.19. The molecular formula is C20H20FN5O. The largest absolute Gasteiger partial charge is 0.348 e. The maximum atomic E-state index is 14.7. The smallest absolute Gasteiger partial charge is 0.251 e. The summed E-state index contributed by atoms with van der Waals surface area (Å²) in [7, 11) is 0. The van der Waals surface area contributed by atoms with Crippen LogP contribution >= 0.6 is 0 Å². The first-order valence-electron chi connectivity index (χ1n) is 8.93. The van der Waals surface area contributed by atoms with Gasteiger partial charge in [0.15, 0.2) is 6.19 Å². The lowest BCUT2D eigenvalue weighted by Crippen LogP contribution is -2.35. The number of nitrogens with one attached hydrogen (secondary N) is 3. The van der Waals surface area contributed by atoms with Crippen molar-refractivity contribution in [1.29, 1.82) is 5.26 Å². The Hall–Kier alpha value is -2.95. The summed E-state index contributed by atoms with van der Waals surface area (Å²) in [5.74, 6) is -0.620. The number of halogens is 1.